The molecule has 1 heterocycles. The van der Waals surface area contributed by atoms with Gasteiger partial charge in [0.15, 0.2) is 0 Å². The standard InChI is InChI=1S/C18H23N3O3/c1-12-7-8-16(24-12)13(2)21-18(23)20-10-9-14-5-4-6-15(11-14)17(22)19-3/h4-8,11,13H,9-10H2,1-3H3,(H,19,22)(H2,20,21,23)/t13-/m1/s1. The van der Waals surface area contributed by atoms with Crippen LogP contribution >= 0.6 is 0 Å². The summed E-state index contributed by atoms with van der Waals surface area (Å²) < 4.78 is 5.49. The summed E-state index contributed by atoms with van der Waals surface area (Å²) in [5.74, 6) is 1.42. The van der Waals surface area contributed by atoms with Crippen LogP contribution in [0.25, 0.3) is 0 Å². The molecule has 0 spiro atoms. The van der Waals surface area contributed by atoms with Gasteiger partial charge in [0.2, 0.25) is 0 Å². The number of aryl methyl sites for hydroxylation is 1. The van der Waals surface area contributed by atoms with Gasteiger partial charge in [-0.05, 0) is 50.1 Å². The highest BCUT2D eigenvalue weighted by Gasteiger charge is 2.12. The van der Waals surface area contributed by atoms with Crippen LogP contribution in [0.1, 0.15) is 40.4 Å². The predicted molar refractivity (Wildman–Crippen MR) is 91.9 cm³/mol. The van der Waals surface area contributed by atoms with E-state index in [1.165, 1.54) is 0 Å². The van der Waals surface area contributed by atoms with Gasteiger partial charge in [-0.2, -0.15) is 0 Å². The molecule has 1 aromatic heterocycles. The molecule has 0 aliphatic carbocycles. The van der Waals surface area contributed by atoms with Gasteiger partial charge in [0.25, 0.3) is 5.91 Å². The Kier molecular flexibility index (Phi) is 6.01. The maximum atomic E-state index is 11.9. The highest BCUT2D eigenvalue weighted by atomic mass is 16.3. The van der Waals surface area contributed by atoms with Crippen molar-refractivity contribution in [3.8, 4) is 0 Å². The lowest BCUT2D eigenvalue weighted by Gasteiger charge is -2.12. The summed E-state index contributed by atoms with van der Waals surface area (Å²) in [6, 6.07) is 10.6. The second-order valence-electron chi connectivity index (χ2n) is 5.60. The minimum Gasteiger partial charge on any atom is -0.464 e. The van der Waals surface area contributed by atoms with Crippen LogP contribution in [0.15, 0.2) is 40.8 Å². The summed E-state index contributed by atoms with van der Waals surface area (Å²) in [4.78, 5) is 23.5. The Labute approximate surface area is 141 Å². The molecule has 6 nitrogen and oxygen atoms in total. The molecule has 3 amide bonds. The van der Waals surface area contributed by atoms with E-state index in [2.05, 4.69) is 16.0 Å². The monoisotopic (exact) mass is 329 g/mol. The van der Waals surface area contributed by atoms with Gasteiger partial charge in [-0.1, -0.05) is 12.1 Å². The van der Waals surface area contributed by atoms with E-state index < -0.39 is 0 Å². The molecule has 0 aliphatic heterocycles. The summed E-state index contributed by atoms with van der Waals surface area (Å²) in [5, 5.41) is 8.23. The van der Waals surface area contributed by atoms with E-state index in [1.54, 1.807) is 13.1 Å². The molecule has 0 unspecified atom stereocenters. The van der Waals surface area contributed by atoms with Crippen molar-refractivity contribution in [1.29, 1.82) is 0 Å². The lowest BCUT2D eigenvalue weighted by molar-refractivity contribution is 0.0963. The molecule has 2 rings (SSSR count). The van der Waals surface area contributed by atoms with Crippen LogP contribution in [0, 0.1) is 6.92 Å². The summed E-state index contributed by atoms with van der Waals surface area (Å²) in [5.41, 5.74) is 1.60. The largest absolute Gasteiger partial charge is 0.464 e. The Bertz CT molecular complexity index is 709. The number of nitrogens with one attached hydrogen (secondary N) is 3. The molecule has 0 saturated heterocycles. The van der Waals surface area contributed by atoms with Crippen molar-refractivity contribution in [2.45, 2.75) is 26.3 Å². The maximum Gasteiger partial charge on any atom is 0.315 e. The fraction of sp³-hybridized carbons (Fsp3) is 0.333. The SMILES string of the molecule is CNC(=O)c1cccc(CCNC(=O)N[C@H](C)c2ccc(C)o2)c1. The minimum absolute atomic E-state index is 0.120. The zero-order valence-corrected chi connectivity index (χ0v) is 14.2. The molecule has 6 heteroatoms. The predicted octanol–water partition coefficient (Wildman–Crippen LogP) is 2.55. The summed E-state index contributed by atoms with van der Waals surface area (Å²) >= 11 is 0. The van der Waals surface area contributed by atoms with Crippen molar-refractivity contribution in [2.75, 3.05) is 13.6 Å². The van der Waals surface area contributed by atoms with Crippen LogP contribution in [0.2, 0.25) is 0 Å². The lowest BCUT2D eigenvalue weighted by atomic mass is 10.1. The first-order valence-electron chi connectivity index (χ1n) is 7.91. The molecule has 0 aliphatic rings. The highest BCUT2D eigenvalue weighted by Crippen LogP contribution is 2.15. The Morgan fingerprint density at radius 2 is 2.00 bits per heavy atom. The quantitative estimate of drug-likeness (QED) is 0.761. The maximum absolute atomic E-state index is 11.9. The van der Waals surface area contributed by atoms with Crippen molar-refractivity contribution >= 4 is 11.9 Å². The highest BCUT2D eigenvalue weighted by molar-refractivity contribution is 5.94. The number of amides is 3. The Morgan fingerprint density at radius 3 is 2.67 bits per heavy atom. The molecular weight excluding hydrogens is 306 g/mol. The molecule has 3 N–H and O–H groups in total. The first-order chi connectivity index (χ1) is 11.5. The average molecular weight is 329 g/mol. The molecule has 1 atom stereocenters. The molecule has 1 aromatic carbocycles. The number of carbonyl (C=O) groups is 2. The average Bonchev–Trinajstić information content (AvgIpc) is 3.01. The van der Waals surface area contributed by atoms with Gasteiger partial charge in [0.05, 0.1) is 6.04 Å². The van der Waals surface area contributed by atoms with Gasteiger partial charge in [0, 0.05) is 19.2 Å². The summed E-state index contributed by atoms with van der Waals surface area (Å²) in [6.45, 7) is 4.21. The molecule has 0 radical (unpaired) electrons. The minimum atomic E-state index is -0.251. The van der Waals surface area contributed by atoms with Crippen LogP contribution in [0.4, 0.5) is 4.79 Å². The van der Waals surface area contributed by atoms with Crippen molar-refractivity contribution in [3.05, 3.63) is 59.0 Å². The number of carbonyl (C=O) groups excluding carboxylic acids is 2. The zero-order chi connectivity index (χ0) is 17.5. The number of hydrogen-bond donors (Lipinski definition) is 3. The van der Waals surface area contributed by atoms with Crippen molar-refractivity contribution < 1.29 is 14.0 Å². The number of hydrogen-bond acceptors (Lipinski definition) is 3. The van der Waals surface area contributed by atoms with E-state index in [0.29, 0.717) is 18.5 Å². The van der Waals surface area contributed by atoms with Gasteiger partial charge in [0.1, 0.15) is 11.5 Å². The van der Waals surface area contributed by atoms with Crippen molar-refractivity contribution in [3.63, 3.8) is 0 Å². The van der Waals surface area contributed by atoms with Crippen LogP contribution in [-0.4, -0.2) is 25.5 Å². The number of rotatable bonds is 6. The fourth-order valence-corrected chi connectivity index (χ4v) is 2.34. The Hall–Kier alpha value is -2.76. The topological polar surface area (TPSA) is 83.4 Å². The van der Waals surface area contributed by atoms with E-state index >= 15 is 0 Å². The molecule has 0 bridgehead atoms. The van der Waals surface area contributed by atoms with Gasteiger partial charge in [-0.3, -0.25) is 4.79 Å². The van der Waals surface area contributed by atoms with Crippen LogP contribution < -0.4 is 16.0 Å². The second kappa shape index (κ2) is 8.19. The van der Waals surface area contributed by atoms with Crippen LogP contribution in [0.5, 0.6) is 0 Å². The smallest absolute Gasteiger partial charge is 0.315 e. The van der Waals surface area contributed by atoms with Crippen LogP contribution in [0.3, 0.4) is 0 Å². The third-order valence-corrected chi connectivity index (χ3v) is 3.65. The fourth-order valence-electron chi connectivity index (χ4n) is 2.34. The van der Waals surface area contributed by atoms with Crippen LogP contribution in [-0.2, 0) is 6.42 Å². The van der Waals surface area contributed by atoms with Crippen molar-refractivity contribution in [1.82, 2.24) is 16.0 Å². The number of urea groups is 1. The summed E-state index contributed by atoms with van der Waals surface area (Å²) in [6.07, 6.45) is 0.645. The van der Waals surface area contributed by atoms with E-state index in [1.807, 2.05) is 44.2 Å². The van der Waals surface area contributed by atoms with E-state index in [9.17, 15) is 9.59 Å². The van der Waals surface area contributed by atoms with Crippen molar-refractivity contribution in [2.24, 2.45) is 0 Å². The van der Waals surface area contributed by atoms with E-state index in [0.717, 1.165) is 17.1 Å². The van der Waals surface area contributed by atoms with E-state index in [4.69, 9.17) is 4.42 Å². The molecule has 128 valence electrons. The summed E-state index contributed by atoms with van der Waals surface area (Å²) in [7, 11) is 1.60. The van der Waals surface area contributed by atoms with E-state index in [-0.39, 0.29) is 18.0 Å². The molecule has 24 heavy (non-hydrogen) atoms. The van der Waals surface area contributed by atoms with Gasteiger partial charge >= 0.3 is 6.03 Å². The Morgan fingerprint density at radius 1 is 1.21 bits per heavy atom. The molecular formula is C18H23N3O3. The third-order valence-electron chi connectivity index (χ3n) is 3.65. The molecule has 2 aromatic rings. The Balaban J connectivity index is 1.79. The number of furan rings is 1. The first-order valence-corrected chi connectivity index (χ1v) is 7.91. The normalized spacial score (nSPS) is 11.6. The lowest BCUT2D eigenvalue weighted by Crippen LogP contribution is -2.37. The second-order valence-corrected chi connectivity index (χ2v) is 5.60. The van der Waals surface area contributed by atoms with Gasteiger partial charge in [-0.15, -0.1) is 0 Å². The third kappa shape index (κ3) is 4.87. The zero-order valence-electron chi connectivity index (χ0n) is 14.2. The number of benzene rings is 1. The molecule has 0 saturated carbocycles. The molecule has 0 fully saturated rings. The van der Waals surface area contributed by atoms with Gasteiger partial charge < -0.3 is 20.4 Å². The first kappa shape index (κ1) is 17.6. The van der Waals surface area contributed by atoms with Gasteiger partial charge in [-0.25, -0.2) is 4.79 Å².